The minimum atomic E-state index is 0.140. The summed E-state index contributed by atoms with van der Waals surface area (Å²) in [7, 11) is 0. The van der Waals surface area contributed by atoms with Gasteiger partial charge >= 0.3 is 0 Å². The van der Waals surface area contributed by atoms with Crippen LogP contribution in [-0.2, 0) is 11.3 Å². The summed E-state index contributed by atoms with van der Waals surface area (Å²) in [4.78, 5) is 19.4. The molecule has 1 fully saturated rings. The zero-order valence-electron chi connectivity index (χ0n) is 10.2. The molecule has 1 aliphatic heterocycles. The van der Waals surface area contributed by atoms with Crippen molar-refractivity contribution < 1.29 is 4.79 Å². The van der Waals surface area contributed by atoms with E-state index in [0.717, 1.165) is 38.3 Å². The third-order valence-corrected chi connectivity index (χ3v) is 3.67. The molecule has 6 heteroatoms. The van der Waals surface area contributed by atoms with E-state index < -0.39 is 0 Å². The number of halogens is 2. The molecule has 1 saturated heterocycles. The minimum absolute atomic E-state index is 0.140. The molecular weight excluding hydrogens is 273 g/mol. The molecule has 0 aliphatic carbocycles. The highest BCUT2D eigenvalue weighted by molar-refractivity contribution is 6.34. The van der Waals surface area contributed by atoms with E-state index in [1.165, 1.54) is 0 Å². The summed E-state index contributed by atoms with van der Waals surface area (Å²) in [5.41, 5.74) is 0.970. The van der Waals surface area contributed by atoms with Crippen LogP contribution in [0.1, 0.15) is 12.5 Å². The number of amides is 1. The van der Waals surface area contributed by atoms with Gasteiger partial charge in [0.25, 0.3) is 0 Å². The molecule has 4 nitrogen and oxygen atoms in total. The summed E-state index contributed by atoms with van der Waals surface area (Å²) in [6.45, 7) is 5.61. The van der Waals surface area contributed by atoms with Crippen LogP contribution in [0.25, 0.3) is 0 Å². The van der Waals surface area contributed by atoms with Gasteiger partial charge in [-0.15, -0.1) is 0 Å². The van der Waals surface area contributed by atoms with E-state index in [1.54, 1.807) is 19.2 Å². The van der Waals surface area contributed by atoms with Crippen molar-refractivity contribution in [2.45, 2.75) is 13.5 Å². The molecular formula is C12H15Cl2N3O. The predicted molar refractivity (Wildman–Crippen MR) is 71.8 cm³/mol. The molecule has 2 rings (SSSR count). The van der Waals surface area contributed by atoms with Crippen molar-refractivity contribution in [2.75, 3.05) is 26.2 Å². The molecule has 1 aromatic heterocycles. The average Bonchev–Trinajstić information content (AvgIpc) is 2.33. The SMILES string of the molecule is CC(=O)N1CCN(Cc2cnc(Cl)cc2Cl)CC1. The molecule has 1 aliphatic rings. The standard InChI is InChI=1S/C12H15Cl2N3O/c1-9(18)17-4-2-16(3-5-17)8-10-7-15-12(14)6-11(10)13/h6-7H,2-5,8H2,1H3. The highest BCUT2D eigenvalue weighted by atomic mass is 35.5. The van der Waals surface area contributed by atoms with Crippen LogP contribution >= 0.6 is 23.2 Å². The monoisotopic (exact) mass is 287 g/mol. The van der Waals surface area contributed by atoms with Crippen LogP contribution in [0, 0.1) is 0 Å². The van der Waals surface area contributed by atoms with Gasteiger partial charge in [-0.25, -0.2) is 4.98 Å². The zero-order valence-corrected chi connectivity index (χ0v) is 11.7. The molecule has 0 unspecified atom stereocenters. The Bertz CT molecular complexity index is 445. The van der Waals surface area contributed by atoms with Crippen LogP contribution in [0.15, 0.2) is 12.3 Å². The molecule has 18 heavy (non-hydrogen) atoms. The summed E-state index contributed by atoms with van der Waals surface area (Å²) < 4.78 is 0. The highest BCUT2D eigenvalue weighted by Crippen LogP contribution is 2.20. The normalized spacial score (nSPS) is 16.9. The van der Waals surface area contributed by atoms with E-state index in [9.17, 15) is 4.79 Å². The van der Waals surface area contributed by atoms with Crippen molar-refractivity contribution >= 4 is 29.1 Å². The molecule has 0 aromatic carbocycles. The first kappa shape index (κ1) is 13.6. The first-order valence-corrected chi connectivity index (χ1v) is 6.59. The van der Waals surface area contributed by atoms with Gasteiger partial charge in [0, 0.05) is 56.4 Å². The smallest absolute Gasteiger partial charge is 0.219 e. The lowest BCUT2D eigenvalue weighted by Crippen LogP contribution is -2.47. The van der Waals surface area contributed by atoms with Crippen LogP contribution in [-0.4, -0.2) is 46.9 Å². The molecule has 0 spiro atoms. The molecule has 0 saturated carbocycles. The van der Waals surface area contributed by atoms with Crippen LogP contribution in [0.4, 0.5) is 0 Å². The lowest BCUT2D eigenvalue weighted by Gasteiger charge is -2.34. The molecule has 1 amide bonds. The Morgan fingerprint density at radius 1 is 1.33 bits per heavy atom. The van der Waals surface area contributed by atoms with Gasteiger partial charge in [-0.3, -0.25) is 9.69 Å². The number of carbonyl (C=O) groups is 1. The summed E-state index contributed by atoms with van der Waals surface area (Å²) in [6.07, 6.45) is 1.71. The number of nitrogens with zero attached hydrogens (tertiary/aromatic N) is 3. The van der Waals surface area contributed by atoms with Crippen molar-refractivity contribution in [1.29, 1.82) is 0 Å². The van der Waals surface area contributed by atoms with Gasteiger partial charge in [0.05, 0.1) is 0 Å². The van der Waals surface area contributed by atoms with Crippen molar-refractivity contribution in [3.8, 4) is 0 Å². The maximum Gasteiger partial charge on any atom is 0.219 e. The van der Waals surface area contributed by atoms with Crippen LogP contribution in [0.2, 0.25) is 10.2 Å². The molecule has 2 heterocycles. The summed E-state index contributed by atoms with van der Waals surface area (Å²) in [6, 6.07) is 1.66. The van der Waals surface area contributed by atoms with Crippen molar-refractivity contribution in [1.82, 2.24) is 14.8 Å². The van der Waals surface area contributed by atoms with Gasteiger partial charge in [0.2, 0.25) is 5.91 Å². The van der Waals surface area contributed by atoms with Crippen molar-refractivity contribution in [3.05, 3.63) is 28.0 Å². The Balaban J connectivity index is 1.93. The van der Waals surface area contributed by atoms with E-state index in [4.69, 9.17) is 23.2 Å². The average molecular weight is 288 g/mol. The maximum atomic E-state index is 11.2. The number of aromatic nitrogens is 1. The molecule has 0 radical (unpaired) electrons. The van der Waals surface area contributed by atoms with E-state index in [-0.39, 0.29) is 5.91 Å². The first-order valence-electron chi connectivity index (χ1n) is 5.84. The number of pyridine rings is 1. The van der Waals surface area contributed by atoms with Gasteiger partial charge in [-0.2, -0.15) is 0 Å². The second kappa shape index (κ2) is 5.87. The van der Waals surface area contributed by atoms with E-state index in [1.807, 2.05) is 4.90 Å². The molecule has 0 bridgehead atoms. The minimum Gasteiger partial charge on any atom is -0.340 e. The van der Waals surface area contributed by atoms with Crippen molar-refractivity contribution in [2.24, 2.45) is 0 Å². The number of rotatable bonds is 2. The number of hydrogen-bond acceptors (Lipinski definition) is 3. The van der Waals surface area contributed by atoms with E-state index in [2.05, 4.69) is 9.88 Å². The number of piperazine rings is 1. The number of hydrogen-bond donors (Lipinski definition) is 0. The lowest BCUT2D eigenvalue weighted by atomic mass is 10.2. The second-order valence-corrected chi connectivity index (χ2v) is 5.18. The van der Waals surface area contributed by atoms with Gasteiger partial charge in [0.15, 0.2) is 0 Å². The second-order valence-electron chi connectivity index (χ2n) is 4.38. The first-order chi connectivity index (χ1) is 8.56. The Morgan fingerprint density at radius 3 is 2.56 bits per heavy atom. The third-order valence-electron chi connectivity index (χ3n) is 3.11. The molecule has 1 aromatic rings. The van der Waals surface area contributed by atoms with Gasteiger partial charge in [-0.05, 0) is 6.07 Å². The van der Waals surface area contributed by atoms with Gasteiger partial charge < -0.3 is 4.90 Å². The third kappa shape index (κ3) is 3.34. The van der Waals surface area contributed by atoms with Gasteiger partial charge in [0.1, 0.15) is 5.15 Å². The fourth-order valence-corrected chi connectivity index (χ4v) is 2.44. The van der Waals surface area contributed by atoms with Crippen LogP contribution in [0.3, 0.4) is 0 Å². The Morgan fingerprint density at radius 2 is 2.00 bits per heavy atom. The fourth-order valence-electron chi connectivity index (χ4n) is 2.01. The van der Waals surface area contributed by atoms with Crippen LogP contribution < -0.4 is 0 Å². The quantitative estimate of drug-likeness (QED) is 0.782. The Labute approximate surface area is 116 Å². The maximum absolute atomic E-state index is 11.2. The zero-order chi connectivity index (χ0) is 13.1. The lowest BCUT2D eigenvalue weighted by molar-refractivity contribution is -0.130. The number of carbonyl (C=O) groups excluding carboxylic acids is 1. The topological polar surface area (TPSA) is 36.4 Å². The predicted octanol–water partition coefficient (Wildman–Crippen LogP) is 2.05. The van der Waals surface area contributed by atoms with Gasteiger partial charge in [-0.1, -0.05) is 23.2 Å². The van der Waals surface area contributed by atoms with E-state index in [0.29, 0.717) is 10.2 Å². The Hall–Kier alpha value is -0.840. The van der Waals surface area contributed by atoms with Crippen LogP contribution in [0.5, 0.6) is 0 Å². The highest BCUT2D eigenvalue weighted by Gasteiger charge is 2.19. The fraction of sp³-hybridized carbons (Fsp3) is 0.500. The summed E-state index contributed by atoms with van der Waals surface area (Å²) >= 11 is 11.9. The van der Waals surface area contributed by atoms with Crippen molar-refractivity contribution in [3.63, 3.8) is 0 Å². The molecule has 98 valence electrons. The largest absolute Gasteiger partial charge is 0.340 e. The van der Waals surface area contributed by atoms with E-state index >= 15 is 0 Å². The Kier molecular flexibility index (Phi) is 4.43. The molecule has 0 N–H and O–H groups in total. The summed E-state index contributed by atoms with van der Waals surface area (Å²) in [5.74, 6) is 0.140. The summed E-state index contributed by atoms with van der Waals surface area (Å²) in [5, 5.41) is 1.05. The molecule has 0 atom stereocenters.